The number of hydrogen-bond acceptors (Lipinski definition) is 2. The largest absolute Gasteiger partial charge is 0.416 e. The Morgan fingerprint density at radius 3 is 2.14 bits per heavy atom. The number of quaternary nitrogens is 1. The van der Waals surface area contributed by atoms with Crippen molar-refractivity contribution in [1.29, 1.82) is 0 Å². The van der Waals surface area contributed by atoms with Gasteiger partial charge in [-0.25, -0.2) is 4.39 Å². The van der Waals surface area contributed by atoms with Crippen molar-refractivity contribution in [3.05, 3.63) is 59.9 Å². The van der Waals surface area contributed by atoms with Gasteiger partial charge in [-0.3, -0.25) is 4.79 Å². The van der Waals surface area contributed by atoms with Gasteiger partial charge in [-0.15, -0.1) is 0 Å². The first-order valence-corrected chi connectivity index (χ1v) is 9.07. The van der Waals surface area contributed by atoms with Gasteiger partial charge in [-0.05, 0) is 55.5 Å². The maximum atomic E-state index is 13.0. The van der Waals surface area contributed by atoms with Crippen LogP contribution in [0.15, 0.2) is 48.5 Å². The average molecular weight is 396 g/mol. The van der Waals surface area contributed by atoms with Gasteiger partial charge in [0.1, 0.15) is 5.82 Å². The number of alkyl halides is 3. The van der Waals surface area contributed by atoms with Crippen LogP contribution in [0.3, 0.4) is 0 Å². The lowest BCUT2D eigenvalue weighted by atomic mass is 10.1. The van der Waals surface area contributed by atoms with Gasteiger partial charge >= 0.3 is 6.18 Å². The number of benzene rings is 2. The molecule has 1 aliphatic rings. The van der Waals surface area contributed by atoms with Crippen LogP contribution in [0.1, 0.15) is 12.5 Å². The van der Waals surface area contributed by atoms with Crippen LogP contribution in [-0.4, -0.2) is 38.1 Å². The van der Waals surface area contributed by atoms with Crippen molar-refractivity contribution in [1.82, 2.24) is 0 Å². The molecule has 1 heterocycles. The highest BCUT2D eigenvalue weighted by Crippen LogP contribution is 2.29. The summed E-state index contributed by atoms with van der Waals surface area (Å²) < 4.78 is 50.9. The summed E-state index contributed by atoms with van der Waals surface area (Å²) in [4.78, 5) is 15.7. The van der Waals surface area contributed by atoms with Crippen molar-refractivity contribution in [3.8, 4) is 0 Å². The van der Waals surface area contributed by atoms with Crippen LogP contribution in [0, 0.1) is 5.82 Å². The molecular formula is C20H22F4N3O+. The van der Waals surface area contributed by atoms with E-state index in [2.05, 4.69) is 10.2 Å². The van der Waals surface area contributed by atoms with Crippen LogP contribution in [0.5, 0.6) is 0 Å². The summed E-state index contributed by atoms with van der Waals surface area (Å²) in [5.41, 5.74) is 0.539. The number of anilines is 2. The van der Waals surface area contributed by atoms with Gasteiger partial charge in [-0.1, -0.05) is 0 Å². The highest BCUT2D eigenvalue weighted by molar-refractivity contribution is 5.93. The van der Waals surface area contributed by atoms with E-state index in [4.69, 9.17) is 0 Å². The number of halogens is 4. The zero-order valence-corrected chi connectivity index (χ0v) is 15.4. The highest BCUT2D eigenvalue weighted by Gasteiger charge is 2.31. The van der Waals surface area contributed by atoms with E-state index in [9.17, 15) is 22.4 Å². The molecule has 1 atom stereocenters. The summed E-state index contributed by atoms with van der Waals surface area (Å²) in [5.74, 6) is -0.508. The normalized spacial score (nSPS) is 16.7. The second-order valence-electron chi connectivity index (χ2n) is 6.91. The second-order valence-corrected chi connectivity index (χ2v) is 6.91. The van der Waals surface area contributed by atoms with Crippen LogP contribution >= 0.6 is 0 Å². The fourth-order valence-electron chi connectivity index (χ4n) is 3.32. The Balaban J connectivity index is 1.53. The molecule has 0 aliphatic carbocycles. The minimum Gasteiger partial charge on any atom is -0.360 e. The Morgan fingerprint density at radius 2 is 1.61 bits per heavy atom. The predicted molar refractivity (Wildman–Crippen MR) is 98.8 cm³/mol. The number of nitrogens with one attached hydrogen (secondary N) is 2. The number of rotatable bonds is 4. The van der Waals surface area contributed by atoms with Crippen molar-refractivity contribution in [2.75, 3.05) is 36.4 Å². The summed E-state index contributed by atoms with van der Waals surface area (Å²) in [7, 11) is 0. The van der Waals surface area contributed by atoms with Crippen molar-refractivity contribution >= 4 is 17.3 Å². The molecule has 2 aromatic rings. The Morgan fingerprint density at radius 1 is 1.04 bits per heavy atom. The summed E-state index contributed by atoms with van der Waals surface area (Å²) in [6, 6.07) is 10.4. The third-order valence-electron chi connectivity index (χ3n) is 5.08. The molecule has 2 aromatic carbocycles. The van der Waals surface area contributed by atoms with Gasteiger partial charge in [-0.2, -0.15) is 13.2 Å². The maximum absolute atomic E-state index is 13.0. The molecule has 1 amide bonds. The standard InChI is InChI=1S/C20H21F4N3O/c1-14(19(28)25-17-6-2-15(3-7-17)20(22,23)24)26-10-12-27(13-11-26)18-8-4-16(21)5-9-18/h2-9,14H,10-13H2,1H3,(H,25,28)/p+1/t14-/m1/s1. The van der Waals surface area contributed by atoms with Gasteiger partial charge < -0.3 is 15.1 Å². The number of nitrogens with zero attached hydrogens (tertiary/aromatic N) is 1. The minimum absolute atomic E-state index is 0.231. The molecule has 0 spiro atoms. The van der Waals surface area contributed by atoms with Crippen molar-refractivity contribution in [3.63, 3.8) is 0 Å². The van der Waals surface area contributed by atoms with E-state index in [1.165, 1.54) is 24.3 Å². The second kappa shape index (κ2) is 8.18. The van der Waals surface area contributed by atoms with Crippen LogP contribution in [-0.2, 0) is 11.0 Å². The summed E-state index contributed by atoms with van der Waals surface area (Å²) in [6.45, 7) is 4.75. The monoisotopic (exact) mass is 396 g/mol. The van der Waals surface area contributed by atoms with Gasteiger partial charge in [0.05, 0.1) is 31.7 Å². The Bertz CT molecular complexity index is 798. The summed E-state index contributed by atoms with van der Waals surface area (Å²) in [5, 5.41) is 2.68. The van der Waals surface area contributed by atoms with Gasteiger partial charge in [0.15, 0.2) is 6.04 Å². The molecule has 1 fully saturated rings. The van der Waals surface area contributed by atoms with E-state index in [0.29, 0.717) is 5.69 Å². The molecule has 28 heavy (non-hydrogen) atoms. The van der Waals surface area contributed by atoms with Crippen molar-refractivity contribution in [2.45, 2.75) is 19.1 Å². The van der Waals surface area contributed by atoms with Crippen LogP contribution in [0.2, 0.25) is 0 Å². The molecule has 2 N–H and O–H groups in total. The molecule has 1 saturated heterocycles. The van der Waals surface area contributed by atoms with E-state index in [1.807, 2.05) is 6.92 Å². The molecule has 150 valence electrons. The average Bonchev–Trinajstić information content (AvgIpc) is 2.68. The predicted octanol–water partition coefficient (Wildman–Crippen LogP) is 2.58. The Kier molecular flexibility index (Phi) is 5.88. The smallest absolute Gasteiger partial charge is 0.360 e. The van der Waals surface area contributed by atoms with Crippen molar-refractivity contribution < 1.29 is 27.3 Å². The number of carbonyl (C=O) groups excluding carboxylic acids is 1. The van der Waals surface area contributed by atoms with Gasteiger partial charge in [0, 0.05) is 11.4 Å². The Hall–Kier alpha value is -2.61. The molecule has 1 aliphatic heterocycles. The first kappa shape index (κ1) is 20.1. The van der Waals surface area contributed by atoms with Crippen LogP contribution < -0.4 is 15.1 Å². The molecule has 0 unspecified atom stereocenters. The number of amides is 1. The zero-order chi connectivity index (χ0) is 20.3. The fourth-order valence-corrected chi connectivity index (χ4v) is 3.32. The lowest BCUT2D eigenvalue weighted by Gasteiger charge is -2.36. The third-order valence-corrected chi connectivity index (χ3v) is 5.08. The third kappa shape index (κ3) is 4.81. The lowest BCUT2D eigenvalue weighted by molar-refractivity contribution is -0.914. The maximum Gasteiger partial charge on any atom is 0.416 e. The van der Waals surface area contributed by atoms with E-state index in [-0.39, 0.29) is 17.8 Å². The zero-order valence-electron chi connectivity index (χ0n) is 15.4. The summed E-state index contributed by atoms with van der Waals surface area (Å²) >= 11 is 0. The first-order valence-electron chi connectivity index (χ1n) is 9.07. The van der Waals surface area contributed by atoms with E-state index < -0.39 is 11.7 Å². The highest BCUT2D eigenvalue weighted by atomic mass is 19.4. The molecule has 4 nitrogen and oxygen atoms in total. The lowest BCUT2D eigenvalue weighted by Crippen LogP contribution is -3.19. The van der Waals surface area contributed by atoms with Crippen molar-refractivity contribution in [2.24, 2.45) is 0 Å². The van der Waals surface area contributed by atoms with E-state index in [0.717, 1.165) is 48.9 Å². The number of hydrogen-bond donors (Lipinski definition) is 2. The van der Waals surface area contributed by atoms with E-state index in [1.54, 1.807) is 12.1 Å². The van der Waals surface area contributed by atoms with Crippen LogP contribution in [0.25, 0.3) is 0 Å². The van der Waals surface area contributed by atoms with Gasteiger partial charge in [0.2, 0.25) is 0 Å². The molecule has 0 aromatic heterocycles. The van der Waals surface area contributed by atoms with Crippen LogP contribution in [0.4, 0.5) is 28.9 Å². The minimum atomic E-state index is -4.40. The SMILES string of the molecule is C[C@H](C(=O)Nc1ccc(C(F)(F)F)cc1)[NH+]1CCN(c2ccc(F)cc2)CC1. The number of carbonyl (C=O) groups is 1. The number of piperazine rings is 1. The Labute approximate surface area is 160 Å². The quantitative estimate of drug-likeness (QED) is 0.780. The molecule has 0 bridgehead atoms. The molecule has 8 heteroatoms. The molecular weight excluding hydrogens is 374 g/mol. The topological polar surface area (TPSA) is 36.8 Å². The molecule has 3 rings (SSSR count). The summed E-state index contributed by atoms with van der Waals surface area (Å²) in [6.07, 6.45) is -4.40. The first-order chi connectivity index (χ1) is 13.2. The van der Waals surface area contributed by atoms with E-state index >= 15 is 0 Å². The van der Waals surface area contributed by atoms with Gasteiger partial charge in [0.25, 0.3) is 5.91 Å². The molecule has 0 radical (unpaired) electrons. The fraction of sp³-hybridized carbons (Fsp3) is 0.350. The molecule has 0 saturated carbocycles.